The Morgan fingerprint density at radius 1 is 1.40 bits per heavy atom. The fraction of sp³-hybridized carbons (Fsp3) is 0.286. The second kappa shape index (κ2) is 3.81. The lowest BCUT2D eigenvalue weighted by molar-refractivity contribution is -0.119. The zero-order valence-corrected chi connectivity index (χ0v) is 12.9. The number of anilines is 2. The van der Waals surface area contributed by atoms with E-state index >= 15 is 0 Å². The normalized spacial score (nSPS) is 18.8. The van der Waals surface area contributed by atoms with Crippen molar-refractivity contribution in [2.45, 2.75) is 18.3 Å². The van der Waals surface area contributed by atoms with Crippen molar-refractivity contribution in [3.8, 4) is 0 Å². The molecule has 1 aliphatic carbocycles. The molecule has 0 unspecified atom stereocenters. The quantitative estimate of drug-likeness (QED) is 0.711. The van der Waals surface area contributed by atoms with Gasteiger partial charge in [-0.05, 0) is 47.1 Å². The molecule has 4 rings (SSSR count). The number of carbonyl (C=O) groups excluding carboxylic acids is 1. The Morgan fingerprint density at radius 3 is 2.75 bits per heavy atom. The van der Waals surface area contributed by atoms with E-state index in [9.17, 15) is 9.18 Å². The fourth-order valence-corrected chi connectivity index (χ4v) is 3.74. The Kier molecular flexibility index (Phi) is 2.34. The molecule has 1 spiro atoms. The monoisotopic (exact) mass is 383 g/mol. The van der Waals surface area contributed by atoms with Gasteiger partial charge in [0.2, 0.25) is 5.91 Å². The number of aryl methyl sites for hydroxylation is 1. The number of rotatable bonds is 1. The third kappa shape index (κ3) is 1.35. The van der Waals surface area contributed by atoms with E-state index in [4.69, 9.17) is 0 Å². The summed E-state index contributed by atoms with van der Waals surface area (Å²) >= 11 is 2.12. The maximum Gasteiger partial charge on any atom is 0.243 e. The summed E-state index contributed by atoms with van der Waals surface area (Å²) in [5.74, 6) is 0.265. The van der Waals surface area contributed by atoms with Crippen molar-refractivity contribution in [2.75, 3.05) is 4.90 Å². The summed E-state index contributed by atoms with van der Waals surface area (Å²) in [7, 11) is 1.77. The van der Waals surface area contributed by atoms with Crippen LogP contribution in [-0.2, 0) is 17.3 Å². The van der Waals surface area contributed by atoms with E-state index in [0.29, 0.717) is 11.5 Å². The standard InChI is InChI=1S/C14H11FIN3O/c1-18-12(10(16)7-17-18)19-11-8(3-2-4-9(11)15)14(5-6-14)13(19)20/h2-4,7H,5-6H2,1H3. The molecule has 6 heteroatoms. The van der Waals surface area contributed by atoms with Crippen molar-refractivity contribution in [3.05, 3.63) is 39.3 Å². The Hall–Kier alpha value is -1.44. The van der Waals surface area contributed by atoms with Crippen molar-refractivity contribution >= 4 is 40.0 Å². The first-order valence-electron chi connectivity index (χ1n) is 6.37. The van der Waals surface area contributed by atoms with Gasteiger partial charge in [-0.25, -0.2) is 4.39 Å². The summed E-state index contributed by atoms with van der Waals surface area (Å²) in [6, 6.07) is 4.95. The van der Waals surface area contributed by atoms with Crippen LogP contribution in [0.25, 0.3) is 0 Å². The molecule has 1 aliphatic heterocycles. The molecule has 102 valence electrons. The van der Waals surface area contributed by atoms with Crippen LogP contribution in [0, 0.1) is 9.39 Å². The lowest BCUT2D eigenvalue weighted by atomic mass is 9.98. The van der Waals surface area contributed by atoms with Crippen LogP contribution in [0.5, 0.6) is 0 Å². The van der Waals surface area contributed by atoms with Gasteiger partial charge >= 0.3 is 0 Å². The van der Waals surface area contributed by atoms with Gasteiger partial charge in [-0.15, -0.1) is 0 Å². The van der Waals surface area contributed by atoms with Crippen LogP contribution in [0.1, 0.15) is 18.4 Å². The lowest BCUT2D eigenvalue weighted by Crippen LogP contribution is -2.30. The molecule has 0 atom stereocenters. The second-order valence-corrected chi connectivity index (χ2v) is 6.46. The molecule has 2 aromatic rings. The molecule has 4 nitrogen and oxygen atoms in total. The van der Waals surface area contributed by atoms with Gasteiger partial charge in [0.15, 0.2) is 5.82 Å². The summed E-state index contributed by atoms with van der Waals surface area (Å²) < 4.78 is 16.8. The minimum atomic E-state index is -0.495. The van der Waals surface area contributed by atoms with E-state index in [1.54, 1.807) is 24.0 Å². The first-order chi connectivity index (χ1) is 9.56. The topological polar surface area (TPSA) is 38.1 Å². The Balaban J connectivity index is 2.01. The molecule has 0 radical (unpaired) electrons. The van der Waals surface area contributed by atoms with Crippen LogP contribution in [0.2, 0.25) is 0 Å². The van der Waals surface area contributed by atoms with Crippen LogP contribution in [0.3, 0.4) is 0 Å². The van der Waals surface area contributed by atoms with Crippen LogP contribution in [0.15, 0.2) is 24.4 Å². The largest absolute Gasteiger partial charge is 0.273 e. The number of fused-ring (bicyclic) bond motifs is 2. The Bertz CT molecular complexity index is 731. The highest BCUT2D eigenvalue weighted by Gasteiger charge is 2.60. The smallest absolute Gasteiger partial charge is 0.243 e. The highest BCUT2D eigenvalue weighted by atomic mass is 127. The van der Waals surface area contributed by atoms with Crippen LogP contribution in [-0.4, -0.2) is 15.7 Å². The van der Waals surface area contributed by atoms with Gasteiger partial charge in [-0.3, -0.25) is 14.4 Å². The summed E-state index contributed by atoms with van der Waals surface area (Å²) in [5, 5.41) is 4.16. The molecule has 1 aromatic carbocycles. The number of halogens is 2. The van der Waals surface area contributed by atoms with Gasteiger partial charge in [0.1, 0.15) is 5.82 Å². The van der Waals surface area contributed by atoms with E-state index in [1.807, 2.05) is 6.07 Å². The van der Waals surface area contributed by atoms with Gasteiger partial charge in [0, 0.05) is 7.05 Å². The van der Waals surface area contributed by atoms with Crippen LogP contribution >= 0.6 is 22.6 Å². The number of hydrogen-bond acceptors (Lipinski definition) is 2. The van der Waals surface area contributed by atoms with Crippen molar-refractivity contribution in [1.29, 1.82) is 0 Å². The number of benzene rings is 1. The second-order valence-electron chi connectivity index (χ2n) is 5.30. The molecular formula is C14H11FIN3O. The molecule has 1 saturated carbocycles. The molecule has 0 N–H and O–H groups in total. The number of amides is 1. The summed E-state index contributed by atoms with van der Waals surface area (Å²) in [6.45, 7) is 0. The zero-order valence-electron chi connectivity index (χ0n) is 10.7. The highest BCUT2D eigenvalue weighted by Crippen LogP contribution is 2.59. The van der Waals surface area contributed by atoms with Crippen molar-refractivity contribution in [1.82, 2.24) is 9.78 Å². The van der Waals surface area contributed by atoms with Gasteiger partial charge < -0.3 is 0 Å². The molecule has 1 fully saturated rings. The number of hydrogen-bond donors (Lipinski definition) is 0. The predicted octanol–water partition coefficient (Wildman–Crippen LogP) is 2.87. The highest BCUT2D eigenvalue weighted by molar-refractivity contribution is 14.1. The molecule has 1 amide bonds. The van der Waals surface area contributed by atoms with Crippen molar-refractivity contribution < 1.29 is 9.18 Å². The molecular weight excluding hydrogens is 372 g/mol. The average Bonchev–Trinajstić information content (AvgIpc) is 3.11. The maximum absolute atomic E-state index is 14.3. The summed E-state index contributed by atoms with van der Waals surface area (Å²) in [4.78, 5) is 14.3. The van der Waals surface area contributed by atoms with E-state index in [0.717, 1.165) is 22.0 Å². The molecule has 2 aliphatic rings. The van der Waals surface area contributed by atoms with Crippen molar-refractivity contribution in [2.24, 2.45) is 7.05 Å². The van der Waals surface area contributed by atoms with E-state index in [2.05, 4.69) is 27.7 Å². The predicted molar refractivity (Wildman–Crippen MR) is 80.4 cm³/mol. The van der Waals surface area contributed by atoms with E-state index in [1.165, 1.54) is 11.0 Å². The minimum absolute atomic E-state index is 0.0286. The van der Waals surface area contributed by atoms with Gasteiger partial charge in [0.05, 0.1) is 20.9 Å². The minimum Gasteiger partial charge on any atom is -0.273 e. The summed E-state index contributed by atoms with van der Waals surface area (Å²) in [5.41, 5.74) is 0.723. The SMILES string of the molecule is Cn1ncc(I)c1N1C(=O)C2(CC2)c2cccc(F)c21. The maximum atomic E-state index is 14.3. The third-order valence-corrected chi connectivity index (χ3v) is 4.93. The fourth-order valence-electron chi connectivity index (χ4n) is 3.03. The third-order valence-electron chi connectivity index (χ3n) is 4.16. The van der Waals surface area contributed by atoms with Gasteiger partial charge in [-0.2, -0.15) is 5.10 Å². The Morgan fingerprint density at radius 2 is 2.15 bits per heavy atom. The first-order valence-corrected chi connectivity index (χ1v) is 7.45. The Labute approximate surface area is 128 Å². The number of aromatic nitrogens is 2. The molecule has 20 heavy (non-hydrogen) atoms. The van der Waals surface area contributed by atoms with Crippen LogP contribution < -0.4 is 4.90 Å². The molecule has 2 heterocycles. The van der Waals surface area contributed by atoms with Crippen molar-refractivity contribution in [3.63, 3.8) is 0 Å². The average molecular weight is 383 g/mol. The number of nitrogens with zero attached hydrogens (tertiary/aromatic N) is 3. The van der Waals surface area contributed by atoms with Gasteiger partial charge in [-0.1, -0.05) is 12.1 Å². The van der Waals surface area contributed by atoms with E-state index < -0.39 is 5.41 Å². The number of para-hydroxylation sites is 1. The lowest BCUT2D eigenvalue weighted by Gasteiger charge is -2.19. The molecule has 0 saturated heterocycles. The van der Waals surface area contributed by atoms with Gasteiger partial charge in [0.25, 0.3) is 0 Å². The molecule has 0 bridgehead atoms. The molecule has 1 aromatic heterocycles. The van der Waals surface area contributed by atoms with Crippen LogP contribution in [0.4, 0.5) is 15.9 Å². The summed E-state index contributed by atoms with van der Waals surface area (Å²) in [6.07, 6.45) is 3.28. The van der Waals surface area contributed by atoms with E-state index in [-0.39, 0.29) is 11.7 Å². The number of carbonyl (C=O) groups is 1. The zero-order chi connectivity index (χ0) is 14.1. The first kappa shape index (κ1) is 12.3.